The molecule has 1 aromatic heterocycles. The standard InChI is InChI=1S/C14H21N3O/c1-2-18-12-6-9-17(10-7-12)13-5-8-15-14(16-13)11-3-4-11/h5,8,11-12H,2-4,6-7,9-10H2,1H3. The van der Waals surface area contributed by atoms with Crippen molar-refractivity contribution >= 4 is 5.82 Å². The molecule has 1 aromatic rings. The zero-order valence-corrected chi connectivity index (χ0v) is 11.0. The van der Waals surface area contributed by atoms with Crippen LogP contribution in [0.3, 0.4) is 0 Å². The molecule has 0 amide bonds. The molecule has 98 valence electrons. The van der Waals surface area contributed by atoms with Crippen LogP contribution < -0.4 is 4.90 Å². The maximum atomic E-state index is 5.68. The van der Waals surface area contributed by atoms with Gasteiger partial charge >= 0.3 is 0 Å². The number of hydrogen-bond acceptors (Lipinski definition) is 4. The summed E-state index contributed by atoms with van der Waals surface area (Å²) in [6.07, 6.45) is 7.08. The van der Waals surface area contributed by atoms with Gasteiger partial charge in [-0.2, -0.15) is 0 Å². The number of piperidine rings is 1. The molecule has 4 heteroatoms. The molecular formula is C14H21N3O. The highest BCUT2D eigenvalue weighted by Gasteiger charge is 2.27. The lowest BCUT2D eigenvalue weighted by Gasteiger charge is -2.32. The lowest BCUT2D eigenvalue weighted by molar-refractivity contribution is 0.0458. The molecule has 0 N–H and O–H groups in total. The molecule has 0 bridgehead atoms. The van der Waals surface area contributed by atoms with E-state index in [1.54, 1.807) is 0 Å². The Morgan fingerprint density at radius 1 is 1.28 bits per heavy atom. The number of ether oxygens (including phenoxy) is 1. The van der Waals surface area contributed by atoms with E-state index in [4.69, 9.17) is 9.72 Å². The van der Waals surface area contributed by atoms with Crippen LogP contribution in [0.2, 0.25) is 0 Å². The normalized spacial score (nSPS) is 21.3. The van der Waals surface area contributed by atoms with Crippen LogP contribution >= 0.6 is 0 Å². The molecule has 0 aromatic carbocycles. The van der Waals surface area contributed by atoms with Gasteiger partial charge in [0.1, 0.15) is 11.6 Å². The predicted molar refractivity (Wildman–Crippen MR) is 70.9 cm³/mol. The summed E-state index contributed by atoms with van der Waals surface area (Å²) in [6, 6.07) is 2.03. The molecule has 0 spiro atoms. The van der Waals surface area contributed by atoms with Gasteiger partial charge in [0.25, 0.3) is 0 Å². The minimum atomic E-state index is 0.441. The van der Waals surface area contributed by atoms with Crippen LogP contribution in [0.4, 0.5) is 5.82 Å². The number of hydrogen-bond donors (Lipinski definition) is 0. The summed E-state index contributed by atoms with van der Waals surface area (Å²) < 4.78 is 5.68. The van der Waals surface area contributed by atoms with Crippen molar-refractivity contribution in [2.75, 3.05) is 24.6 Å². The SMILES string of the molecule is CCOC1CCN(c2ccnc(C3CC3)n2)CC1. The number of nitrogens with zero attached hydrogens (tertiary/aromatic N) is 3. The maximum Gasteiger partial charge on any atom is 0.133 e. The minimum absolute atomic E-state index is 0.441. The molecule has 0 radical (unpaired) electrons. The first-order chi connectivity index (χ1) is 8.86. The second kappa shape index (κ2) is 5.22. The highest BCUT2D eigenvalue weighted by Crippen LogP contribution is 2.38. The monoisotopic (exact) mass is 247 g/mol. The Balaban J connectivity index is 1.63. The maximum absolute atomic E-state index is 5.68. The van der Waals surface area contributed by atoms with Crippen molar-refractivity contribution in [3.05, 3.63) is 18.1 Å². The van der Waals surface area contributed by atoms with Gasteiger partial charge < -0.3 is 9.64 Å². The van der Waals surface area contributed by atoms with Crippen LogP contribution in [0.1, 0.15) is 44.3 Å². The van der Waals surface area contributed by atoms with Crippen LogP contribution in [0, 0.1) is 0 Å². The van der Waals surface area contributed by atoms with E-state index in [1.165, 1.54) is 12.8 Å². The molecule has 18 heavy (non-hydrogen) atoms. The van der Waals surface area contributed by atoms with Gasteiger partial charge in [-0.25, -0.2) is 9.97 Å². The largest absolute Gasteiger partial charge is 0.378 e. The molecule has 1 saturated heterocycles. The molecule has 2 heterocycles. The third kappa shape index (κ3) is 2.64. The van der Waals surface area contributed by atoms with Gasteiger partial charge in [-0.15, -0.1) is 0 Å². The Labute approximate surface area is 108 Å². The van der Waals surface area contributed by atoms with E-state index in [9.17, 15) is 0 Å². The Kier molecular flexibility index (Phi) is 3.46. The lowest BCUT2D eigenvalue weighted by atomic mass is 10.1. The second-order valence-corrected chi connectivity index (χ2v) is 5.19. The van der Waals surface area contributed by atoms with Gasteiger partial charge in [0, 0.05) is 31.8 Å². The first-order valence-corrected chi connectivity index (χ1v) is 7.06. The summed E-state index contributed by atoms with van der Waals surface area (Å²) in [5.41, 5.74) is 0. The van der Waals surface area contributed by atoms with Gasteiger partial charge in [-0.05, 0) is 38.7 Å². The van der Waals surface area contributed by atoms with E-state index in [2.05, 4.69) is 16.8 Å². The van der Waals surface area contributed by atoms with Crippen LogP contribution in [0.25, 0.3) is 0 Å². The molecule has 1 saturated carbocycles. The molecule has 4 nitrogen and oxygen atoms in total. The fraction of sp³-hybridized carbons (Fsp3) is 0.714. The molecule has 0 atom stereocenters. The van der Waals surface area contributed by atoms with Crippen molar-refractivity contribution in [2.24, 2.45) is 0 Å². The average Bonchev–Trinajstić information content (AvgIpc) is 3.25. The zero-order chi connectivity index (χ0) is 12.4. The highest BCUT2D eigenvalue weighted by atomic mass is 16.5. The van der Waals surface area contributed by atoms with Crippen LogP contribution in [0.5, 0.6) is 0 Å². The molecule has 2 aliphatic rings. The number of rotatable bonds is 4. The van der Waals surface area contributed by atoms with Crippen molar-refractivity contribution in [2.45, 2.75) is 44.6 Å². The smallest absolute Gasteiger partial charge is 0.133 e. The summed E-state index contributed by atoms with van der Waals surface area (Å²) in [6.45, 7) is 4.99. The average molecular weight is 247 g/mol. The van der Waals surface area contributed by atoms with E-state index in [0.29, 0.717) is 12.0 Å². The van der Waals surface area contributed by atoms with Crippen LogP contribution in [-0.4, -0.2) is 35.8 Å². The summed E-state index contributed by atoms with van der Waals surface area (Å²) in [5, 5.41) is 0. The molecular weight excluding hydrogens is 226 g/mol. The van der Waals surface area contributed by atoms with E-state index in [0.717, 1.165) is 44.2 Å². The van der Waals surface area contributed by atoms with E-state index >= 15 is 0 Å². The van der Waals surface area contributed by atoms with E-state index in [1.807, 2.05) is 12.3 Å². The zero-order valence-electron chi connectivity index (χ0n) is 11.0. The number of anilines is 1. The van der Waals surface area contributed by atoms with E-state index in [-0.39, 0.29) is 0 Å². The fourth-order valence-corrected chi connectivity index (χ4v) is 2.57. The first-order valence-electron chi connectivity index (χ1n) is 7.06. The van der Waals surface area contributed by atoms with E-state index < -0.39 is 0 Å². The molecule has 1 aliphatic heterocycles. The number of aromatic nitrogens is 2. The summed E-state index contributed by atoms with van der Waals surface area (Å²) in [5.74, 6) is 2.77. The minimum Gasteiger partial charge on any atom is -0.378 e. The third-order valence-corrected chi connectivity index (χ3v) is 3.77. The van der Waals surface area contributed by atoms with Crippen molar-refractivity contribution in [1.29, 1.82) is 0 Å². The summed E-state index contributed by atoms with van der Waals surface area (Å²) in [7, 11) is 0. The first kappa shape index (κ1) is 11.9. The highest BCUT2D eigenvalue weighted by molar-refractivity contribution is 5.38. The lowest BCUT2D eigenvalue weighted by Crippen LogP contribution is -2.37. The van der Waals surface area contributed by atoms with Crippen molar-refractivity contribution < 1.29 is 4.74 Å². The Morgan fingerprint density at radius 2 is 2.06 bits per heavy atom. The molecule has 0 unspecified atom stereocenters. The van der Waals surface area contributed by atoms with Gasteiger partial charge in [0.2, 0.25) is 0 Å². The Bertz CT molecular complexity index is 398. The van der Waals surface area contributed by atoms with Crippen LogP contribution in [-0.2, 0) is 4.74 Å². The molecule has 3 rings (SSSR count). The van der Waals surface area contributed by atoms with Crippen molar-refractivity contribution in [1.82, 2.24) is 9.97 Å². The Hall–Kier alpha value is -1.16. The Morgan fingerprint density at radius 3 is 2.72 bits per heavy atom. The van der Waals surface area contributed by atoms with Crippen LogP contribution in [0.15, 0.2) is 12.3 Å². The molecule has 2 fully saturated rings. The summed E-state index contributed by atoms with van der Waals surface area (Å²) in [4.78, 5) is 11.4. The van der Waals surface area contributed by atoms with Crippen molar-refractivity contribution in [3.63, 3.8) is 0 Å². The summed E-state index contributed by atoms with van der Waals surface area (Å²) >= 11 is 0. The van der Waals surface area contributed by atoms with Gasteiger partial charge in [-0.3, -0.25) is 0 Å². The predicted octanol–water partition coefficient (Wildman–Crippen LogP) is 2.36. The second-order valence-electron chi connectivity index (χ2n) is 5.19. The van der Waals surface area contributed by atoms with Crippen molar-refractivity contribution in [3.8, 4) is 0 Å². The quantitative estimate of drug-likeness (QED) is 0.818. The van der Waals surface area contributed by atoms with Gasteiger partial charge in [0.05, 0.1) is 6.10 Å². The van der Waals surface area contributed by atoms with Gasteiger partial charge in [-0.1, -0.05) is 0 Å². The third-order valence-electron chi connectivity index (χ3n) is 3.77. The molecule has 1 aliphatic carbocycles. The fourth-order valence-electron chi connectivity index (χ4n) is 2.57. The van der Waals surface area contributed by atoms with Gasteiger partial charge in [0.15, 0.2) is 0 Å². The topological polar surface area (TPSA) is 38.2 Å².